The number of fused-ring (bicyclic) bond motifs is 1. The zero-order valence-corrected chi connectivity index (χ0v) is 23.0. The standard InChI is InChI=1S/C31H36N6O3/c1-39-27-17-25-26(18-28(27)40-2)34-31(35-29(25)32)37-15-13-24(21-37)30(38)33-14-16-36(19-22-9-5-3-6-10-22)20-23-11-7-4-8-12-23/h3-12,17-18,24H,13-16,19-21H2,1-2H3,(H,33,38)(H2,32,34,35). The van der Waals surface area contributed by atoms with Crippen LogP contribution in [-0.2, 0) is 17.9 Å². The molecule has 1 aromatic heterocycles. The highest BCUT2D eigenvalue weighted by molar-refractivity contribution is 5.92. The molecule has 40 heavy (non-hydrogen) atoms. The molecule has 208 valence electrons. The lowest BCUT2D eigenvalue weighted by Crippen LogP contribution is -2.38. The third-order valence-corrected chi connectivity index (χ3v) is 7.29. The average molecular weight is 541 g/mol. The van der Waals surface area contributed by atoms with Crippen molar-refractivity contribution < 1.29 is 14.3 Å². The van der Waals surface area contributed by atoms with E-state index in [-0.39, 0.29) is 11.8 Å². The molecule has 2 heterocycles. The molecule has 1 saturated heterocycles. The predicted molar refractivity (Wildman–Crippen MR) is 157 cm³/mol. The minimum atomic E-state index is -0.136. The molecule has 1 unspecified atom stereocenters. The Morgan fingerprint density at radius 1 is 0.975 bits per heavy atom. The van der Waals surface area contributed by atoms with Gasteiger partial charge in [-0.15, -0.1) is 0 Å². The lowest BCUT2D eigenvalue weighted by molar-refractivity contribution is -0.124. The Bertz CT molecular complexity index is 1390. The molecule has 0 spiro atoms. The number of ether oxygens (including phenoxy) is 2. The molecule has 1 amide bonds. The molecule has 1 aliphatic rings. The van der Waals surface area contributed by atoms with E-state index in [4.69, 9.17) is 20.2 Å². The summed E-state index contributed by atoms with van der Waals surface area (Å²) in [6, 6.07) is 24.4. The minimum Gasteiger partial charge on any atom is -0.493 e. The highest BCUT2D eigenvalue weighted by Gasteiger charge is 2.30. The number of nitrogens with two attached hydrogens (primary N) is 1. The van der Waals surface area contributed by atoms with Crippen molar-refractivity contribution in [1.82, 2.24) is 20.2 Å². The number of nitrogens with one attached hydrogen (secondary N) is 1. The van der Waals surface area contributed by atoms with Crippen LogP contribution in [0.3, 0.4) is 0 Å². The molecule has 9 nitrogen and oxygen atoms in total. The highest BCUT2D eigenvalue weighted by Crippen LogP contribution is 2.34. The van der Waals surface area contributed by atoms with Gasteiger partial charge in [-0.25, -0.2) is 4.98 Å². The maximum Gasteiger partial charge on any atom is 0.227 e. The van der Waals surface area contributed by atoms with Gasteiger partial charge in [-0.05, 0) is 23.6 Å². The summed E-state index contributed by atoms with van der Waals surface area (Å²) >= 11 is 0. The molecule has 0 bridgehead atoms. The first-order valence-electron chi connectivity index (χ1n) is 13.6. The first-order chi connectivity index (χ1) is 19.5. The third kappa shape index (κ3) is 6.43. The normalized spacial score (nSPS) is 15.0. The van der Waals surface area contributed by atoms with Crippen molar-refractivity contribution >= 4 is 28.6 Å². The Morgan fingerprint density at radius 2 is 1.60 bits per heavy atom. The maximum atomic E-state index is 13.1. The summed E-state index contributed by atoms with van der Waals surface area (Å²) in [4.78, 5) is 26.7. The molecule has 4 aromatic rings. The highest BCUT2D eigenvalue weighted by atomic mass is 16.5. The number of benzene rings is 3. The van der Waals surface area contributed by atoms with Crippen molar-refractivity contribution in [2.75, 3.05) is 51.0 Å². The molecule has 0 radical (unpaired) electrons. The summed E-state index contributed by atoms with van der Waals surface area (Å²) in [5.41, 5.74) is 9.46. The number of carbonyl (C=O) groups excluding carboxylic acids is 1. The molecule has 1 atom stereocenters. The van der Waals surface area contributed by atoms with Crippen LogP contribution in [0.4, 0.5) is 11.8 Å². The predicted octanol–water partition coefficient (Wildman–Crippen LogP) is 3.87. The summed E-state index contributed by atoms with van der Waals surface area (Å²) in [6.45, 7) is 4.20. The number of nitrogens with zero attached hydrogens (tertiary/aromatic N) is 4. The largest absolute Gasteiger partial charge is 0.493 e. The Kier molecular flexibility index (Phi) is 8.61. The van der Waals surface area contributed by atoms with Crippen LogP contribution in [0.25, 0.3) is 10.9 Å². The van der Waals surface area contributed by atoms with Crippen molar-refractivity contribution in [2.24, 2.45) is 5.92 Å². The number of hydrogen-bond acceptors (Lipinski definition) is 8. The molecule has 5 rings (SSSR count). The van der Waals surface area contributed by atoms with Crippen LogP contribution in [-0.4, -0.2) is 61.2 Å². The van der Waals surface area contributed by atoms with E-state index in [1.165, 1.54) is 11.1 Å². The molecule has 9 heteroatoms. The molecule has 0 aliphatic carbocycles. The maximum absolute atomic E-state index is 13.1. The van der Waals surface area contributed by atoms with Gasteiger partial charge in [-0.2, -0.15) is 4.98 Å². The van der Waals surface area contributed by atoms with Crippen molar-refractivity contribution in [3.63, 3.8) is 0 Å². The van der Waals surface area contributed by atoms with Gasteiger partial charge in [0.2, 0.25) is 11.9 Å². The van der Waals surface area contributed by atoms with E-state index in [0.717, 1.165) is 26.1 Å². The van der Waals surface area contributed by atoms with Gasteiger partial charge in [0.1, 0.15) is 5.82 Å². The van der Waals surface area contributed by atoms with E-state index in [1.54, 1.807) is 26.4 Å². The molecule has 3 N–H and O–H groups in total. The number of carbonyl (C=O) groups is 1. The lowest BCUT2D eigenvalue weighted by Gasteiger charge is -2.23. The van der Waals surface area contributed by atoms with Gasteiger partial charge in [0.15, 0.2) is 11.5 Å². The molecule has 3 aromatic carbocycles. The Balaban J connectivity index is 1.19. The SMILES string of the molecule is COc1cc2nc(N3CCC(C(=O)NCCN(Cc4ccccc4)Cc4ccccc4)C3)nc(N)c2cc1OC. The number of amides is 1. The second kappa shape index (κ2) is 12.7. The van der Waals surface area contributed by atoms with E-state index in [0.29, 0.717) is 53.8 Å². The fraction of sp³-hybridized carbons (Fsp3) is 0.323. The topological polar surface area (TPSA) is 106 Å². The van der Waals surface area contributed by atoms with E-state index in [2.05, 4.69) is 63.7 Å². The van der Waals surface area contributed by atoms with Crippen molar-refractivity contribution in [1.29, 1.82) is 0 Å². The molecule has 1 fully saturated rings. The average Bonchev–Trinajstić information content (AvgIpc) is 3.48. The van der Waals surface area contributed by atoms with Gasteiger partial charge in [0.25, 0.3) is 0 Å². The molecular weight excluding hydrogens is 504 g/mol. The quantitative estimate of drug-likeness (QED) is 0.295. The zero-order valence-electron chi connectivity index (χ0n) is 23.0. The molecule has 0 saturated carbocycles. The van der Waals surface area contributed by atoms with Gasteiger partial charge in [-0.1, -0.05) is 60.7 Å². The van der Waals surface area contributed by atoms with E-state index in [9.17, 15) is 4.79 Å². The zero-order chi connectivity index (χ0) is 27.9. The fourth-order valence-corrected chi connectivity index (χ4v) is 5.14. The van der Waals surface area contributed by atoms with Crippen LogP contribution in [0.15, 0.2) is 72.8 Å². The van der Waals surface area contributed by atoms with Crippen LogP contribution in [0, 0.1) is 5.92 Å². The molecule has 1 aliphatic heterocycles. The Hall–Kier alpha value is -4.37. The van der Waals surface area contributed by atoms with Gasteiger partial charge in [-0.3, -0.25) is 9.69 Å². The lowest BCUT2D eigenvalue weighted by atomic mass is 10.1. The fourth-order valence-electron chi connectivity index (χ4n) is 5.14. The minimum absolute atomic E-state index is 0.0574. The van der Waals surface area contributed by atoms with Crippen LogP contribution >= 0.6 is 0 Å². The second-order valence-corrected chi connectivity index (χ2v) is 10.0. The summed E-state index contributed by atoms with van der Waals surface area (Å²) < 4.78 is 10.8. The number of anilines is 2. The summed E-state index contributed by atoms with van der Waals surface area (Å²) in [5.74, 6) is 1.95. The van der Waals surface area contributed by atoms with Gasteiger partial charge >= 0.3 is 0 Å². The first kappa shape index (κ1) is 27.2. The number of hydrogen-bond donors (Lipinski definition) is 2. The number of nitrogen functional groups attached to an aromatic ring is 1. The van der Waals surface area contributed by atoms with Crippen LogP contribution < -0.4 is 25.4 Å². The summed E-state index contributed by atoms with van der Waals surface area (Å²) in [6.07, 6.45) is 0.733. The van der Waals surface area contributed by atoms with E-state index >= 15 is 0 Å². The Labute approximate surface area is 234 Å². The number of rotatable bonds is 11. The third-order valence-electron chi connectivity index (χ3n) is 7.29. The van der Waals surface area contributed by atoms with Crippen molar-refractivity contribution in [3.8, 4) is 11.5 Å². The van der Waals surface area contributed by atoms with E-state index in [1.807, 2.05) is 17.0 Å². The summed E-state index contributed by atoms with van der Waals surface area (Å²) in [5, 5.41) is 3.86. The van der Waals surface area contributed by atoms with Crippen LogP contribution in [0.2, 0.25) is 0 Å². The number of methoxy groups -OCH3 is 2. The van der Waals surface area contributed by atoms with E-state index < -0.39 is 0 Å². The molecular formula is C31H36N6O3. The monoisotopic (exact) mass is 540 g/mol. The van der Waals surface area contributed by atoms with Crippen molar-refractivity contribution in [3.05, 3.63) is 83.9 Å². The Morgan fingerprint density at radius 3 is 2.23 bits per heavy atom. The van der Waals surface area contributed by atoms with Crippen LogP contribution in [0.5, 0.6) is 11.5 Å². The van der Waals surface area contributed by atoms with Crippen LogP contribution in [0.1, 0.15) is 17.5 Å². The van der Waals surface area contributed by atoms with Gasteiger partial charge in [0.05, 0.1) is 25.7 Å². The number of aromatic nitrogens is 2. The summed E-state index contributed by atoms with van der Waals surface area (Å²) in [7, 11) is 3.16. The van der Waals surface area contributed by atoms with Gasteiger partial charge in [0, 0.05) is 50.7 Å². The van der Waals surface area contributed by atoms with Crippen molar-refractivity contribution in [2.45, 2.75) is 19.5 Å². The second-order valence-electron chi connectivity index (χ2n) is 10.0. The van der Waals surface area contributed by atoms with Gasteiger partial charge < -0.3 is 25.4 Å². The first-order valence-corrected chi connectivity index (χ1v) is 13.6. The smallest absolute Gasteiger partial charge is 0.227 e.